The molecule has 11 heteroatoms. The number of rotatable bonds is 5. The molecule has 0 spiro atoms. The van der Waals surface area contributed by atoms with Crippen molar-refractivity contribution in [2.75, 3.05) is 21.9 Å². The lowest BCUT2D eigenvalue weighted by Crippen LogP contribution is -2.29. The zero-order valence-electron chi connectivity index (χ0n) is 15.6. The first kappa shape index (κ1) is 20.8. The fourth-order valence-electron chi connectivity index (χ4n) is 2.97. The number of hydrogen-bond acceptors (Lipinski definition) is 7. The van der Waals surface area contributed by atoms with Crippen molar-refractivity contribution in [3.63, 3.8) is 0 Å². The van der Waals surface area contributed by atoms with Gasteiger partial charge < -0.3 is 4.74 Å². The lowest BCUT2D eigenvalue weighted by Gasteiger charge is -2.17. The summed E-state index contributed by atoms with van der Waals surface area (Å²) in [6.45, 7) is 1.50. The molecule has 0 bridgehead atoms. The van der Waals surface area contributed by atoms with Gasteiger partial charge in [-0.15, -0.1) is 0 Å². The van der Waals surface area contributed by atoms with E-state index in [2.05, 4.69) is 9.46 Å². The highest BCUT2D eigenvalue weighted by molar-refractivity contribution is 7.94. The summed E-state index contributed by atoms with van der Waals surface area (Å²) in [7, 11) is -6.56. The molecule has 1 fully saturated rings. The SMILES string of the molecule is COC(=O)c1cccc(NS(=O)(=O)c2ccc(N3C(=O)CCS3(=O)=O)cc2C)c1. The molecule has 9 nitrogen and oxygen atoms in total. The molecule has 1 saturated heterocycles. The van der Waals surface area contributed by atoms with Gasteiger partial charge in [0, 0.05) is 12.1 Å². The van der Waals surface area contributed by atoms with Crippen molar-refractivity contribution < 1.29 is 31.2 Å². The van der Waals surface area contributed by atoms with Crippen LogP contribution < -0.4 is 9.03 Å². The zero-order valence-corrected chi connectivity index (χ0v) is 17.2. The van der Waals surface area contributed by atoms with Crippen molar-refractivity contribution in [3.8, 4) is 0 Å². The average molecular weight is 438 g/mol. The number of amides is 1. The van der Waals surface area contributed by atoms with E-state index in [4.69, 9.17) is 0 Å². The van der Waals surface area contributed by atoms with Gasteiger partial charge in [-0.25, -0.2) is 25.9 Å². The Balaban J connectivity index is 1.92. The lowest BCUT2D eigenvalue weighted by molar-refractivity contribution is -0.116. The topological polar surface area (TPSA) is 127 Å². The number of sulfonamides is 2. The van der Waals surface area contributed by atoms with E-state index in [1.54, 1.807) is 0 Å². The van der Waals surface area contributed by atoms with Crippen LogP contribution in [-0.2, 0) is 29.6 Å². The fourth-order valence-corrected chi connectivity index (χ4v) is 5.70. The maximum Gasteiger partial charge on any atom is 0.337 e. The number of esters is 1. The van der Waals surface area contributed by atoms with Gasteiger partial charge in [0.1, 0.15) is 0 Å². The number of nitrogens with zero attached hydrogens (tertiary/aromatic N) is 1. The van der Waals surface area contributed by atoms with Gasteiger partial charge in [-0.2, -0.15) is 0 Å². The number of ether oxygens (including phenoxy) is 1. The number of carbonyl (C=O) groups excluding carboxylic acids is 2. The highest BCUT2D eigenvalue weighted by Gasteiger charge is 2.36. The van der Waals surface area contributed by atoms with E-state index in [1.165, 1.54) is 56.5 Å². The van der Waals surface area contributed by atoms with E-state index in [9.17, 15) is 26.4 Å². The Hall–Kier alpha value is -2.92. The molecule has 3 rings (SSSR count). The molecule has 0 atom stereocenters. The van der Waals surface area contributed by atoms with Gasteiger partial charge in [-0.1, -0.05) is 6.07 Å². The summed E-state index contributed by atoms with van der Waals surface area (Å²) in [5.41, 5.74) is 0.692. The molecule has 2 aromatic rings. The highest BCUT2D eigenvalue weighted by atomic mass is 32.2. The number of carbonyl (C=O) groups is 2. The largest absolute Gasteiger partial charge is 0.465 e. The van der Waals surface area contributed by atoms with Crippen molar-refractivity contribution in [3.05, 3.63) is 53.6 Å². The van der Waals surface area contributed by atoms with Crippen LogP contribution in [0.2, 0.25) is 0 Å². The molecule has 0 saturated carbocycles. The van der Waals surface area contributed by atoms with Crippen LogP contribution in [0.4, 0.5) is 11.4 Å². The standard InChI is InChI=1S/C18H18N2O7S2/c1-12-10-15(20-17(21)8-9-28(20,23)24)6-7-16(12)29(25,26)19-14-5-3-4-13(11-14)18(22)27-2/h3-7,10-11,19H,8-9H2,1-2H3. The number of methoxy groups -OCH3 is 1. The molecule has 1 heterocycles. The first-order chi connectivity index (χ1) is 13.5. The monoisotopic (exact) mass is 438 g/mol. The molecule has 1 amide bonds. The molecule has 0 aromatic heterocycles. The normalized spacial score (nSPS) is 15.9. The first-order valence-corrected chi connectivity index (χ1v) is 11.5. The van der Waals surface area contributed by atoms with Crippen LogP contribution in [0.5, 0.6) is 0 Å². The smallest absolute Gasteiger partial charge is 0.337 e. The Morgan fingerprint density at radius 2 is 1.90 bits per heavy atom. The zero-order chi connectivity index (χ0) is 21.4. The second-order valence-electron chi connectivity index (χ2n) is 6.35. The lowest BCUT2D eigenvalue weighted by atomic mass is 10.2. The summed E-state index contributed by atoms with van der Waals surface area (Å²) < 4.78 is 57.3. The second-order valence-corrected chi connectivity index (χ2v) is 9.94. The van der Waals surface area contributed by atoms with Gasteiger partial charge in [0.05, 0.1) is 29.0 Å². The number of benzene rings is 2. The van der Waals surface area contributed by atoms with Crippen LogP contribution in [0.15, 0.2) is 47.4 Å². The predicted octanol–water partition coefficient (Wildman–Crippen LogP) is 1.65. The second kappa shape index (κ2) is 7.48. The van der Waals surface area contributed by atoms with Gasteiger partial charge in [0.2, 0.25) is 15.9 Å². The summed E-state index contributed by atoms with van der Waals surface area (Å²) in [6.07, 6.45) is -0.112. The Kier molecular flexibility index (Phi) is 5.37. The molecule has 1 N–H and O–H groups in total. The van der Waals surface area contributed by atoms with Crippen molar-refractivity contribution in [1.82, 2.24) is 0 Å². The van der Waals surface area contributed by atoms with Crippen molar-refractivity contribution in [2.24, 2.45) is 0 Å². The molecule has 0 unspecified atom stereocenters. The van der Waals surface area contributed by atoms with E-state index < -0.39 is 31.9 Å². The number of nitrogens with one attached hydrogen (secondary N) is 1. The van der Waals surface area contributed by atoms with E-state index in [0.29, 0.717) is 4.31 Å². The quantitative estimate of drug-likeness (QED) is 0.703. The third-order valence-electron chi connectivity index (χ3n) is 4.30. The van der Waals surface area contributed by atoms with Gasteiger partial charge in [-0.05, 0) is 48.9 Å². The Bertz CT molecular complexity index is 1200. The highest BCUT2D eigenvalue weighted by Crippen LogP contribution is 2.29. The molecular weight excluding hydrogens is 420 g/mol. The minimum absolute atomic E-state index is 0.0891. The first-order valence-electron chi connectivity index (χ1n) is 8.43. The van der Waals surface area contributed by atoms with Crippen LogP contribution in [0, 0.1) is 6.92 Å². The van der Waals surface area contributed by atoms with Crippen molar-refractivity contribution in [1.29, 1.82) is 0 Å². The minimum atomic E-state index is -4.03. The third kappa shape index (κ3) is 4.10. The molecule has 1 aliphatic heterocycles. The van der Waals surface area contributed by atoms with Gasteiger partial charge in [-0.3, -0.25) is 9.52 Å². The van der Waals surface area contributed by atoms with Crippen LogP contribution in [0.1, 0.15) is 22.3 Å². The van der Waals surface area contributed by atoms with Crippen LogP contribution >= 0.6 is 0 Å². The number of anilines is 2. The van der Waals surface area contributed by atoms with Crippen LogP contribution in [-0.4, -0.2) is 41.6 Å². The maximum atomic E-state index is 12.8. The molecule has 1 aliphatic rings. The van der Waals surface area contributed by atoms with E-state index in [0.717, 1.165) is 0 Å². The Morgan fingerprint density at radius 1 is 1.17 bits per heavy atom. The number of hydrogen-bond donors (Lipinski definition) is 1. The van der Waals surface area contributed by atoms with E-state index >= 15 is 0 Å². The van der Waals surface area contributed by atoms with E-state index in [-0.39, 0.29) is 39.6 Å². The average Bonchev–Trinajstić information content (AvgIpc) is 2.93. The summed E-state index contributed by atoms with van der Waals surface area (Å²) in [4.78, 5) is 23.4. The maximum absolute atomic E-state index is 12.8. The van der Waals surface area contributed by atoms with Gasteiger partial charge in [0.25, 0.3) is 10.0 Å². The van der Waals surface area contributed by atoms with Crippen molar-refractivity contribution in [2.45, 2.75) is 18.2 Å². The summed E-state index contributed by atoms with van der Waals surface area (Å²) in [5.74, 6) is -1.44. The molecule has 29 heavy (non-hydrogen) atoms. The molecular formula is C18H18N2O7S2. The molecule has 0 radical (unpaired) electrons. The Morgan fingerprint density at radius 3 is 2.48 bits per heavy atom. The minimum Gasteiger partial charge on any atom is -0.465 e. The summed E-state index contributed by atoms with van der Waals surface area (Å²) >= 11 is 0. The molecule has 154 valence electrons. The summed E-state index contributed by atoms with van der Waals surface area (Å²) in [6, 6.07) is 9.64. The van der Waals surface area contributed by atoms with Crippen LogP contribution in [0.25, 0.3) is 0 Å². The van der Waals surface area contributed by atoms with Crippen molar-refractivity contribution >= 4 is 43.3 Å². The Labute approximate surface area is 168 Å². The van der Waals surface area contributed by atoms with Gasteiger partial charge >= 0.3 is 5.97 Å². The van der Waals surface area contributed by atoms with Crippen LogP contribution in [0.3, 0.4) is 0 Å². The van der Waals surface area contributed by atoms with E-state index in [1.807, 2.05) is 0 Å². The predicted molar refractivity (Wildman–Crippen MR) is 106 cm³/mol. The molecule has 2 aromatic carbocycles. The van der Waals surface area contributed by atoms with Gasteiger partial charge in [0.15, 0.2) is 0 Å². The molecule has 0 aliphatic carbocycles. The third-order valence-corrected chi connectivity index (χ3v) is 7.53. The fraction of sp³-hybridized carbons (Fsp3) is 0.222. The number of aryl methyl sites for hydroxylation is 1. The summed E-state index contributed by atoms with van der Waals surface area (Å²) in [5, 5.41) is 0.